The number of anilines is 1. The number of esters is 1. The summed E-state index contributed by atoms with van der Waals surface area (Å²) in [6.07, 6.45) is 1.26. The summed E-state index contributed by atoms with van der Waals surface area (Å²) in [5, 5.41) is 2.64. The van der Waals surface area contributed by atoms with Crippen molar-refractivity contribution in [1.82, 2.24) is 4.98 Å². The molecule has 22 heavy (non-hydrogen) atoms. The van der Waals surface area contributed by atoms with E-state index < -0.39 is 17.8 Å². The summed E-state index contributed by atoms with van der Waals surface area (Å²) in [6, 6.07) is 9.05. The van der Waals surface area contributed by atoms with Gasteiger partial charge in [0.1, 0.15) is 5.69 Å². The highest BCUT2D eigenvalue weighted by molar-refractivity contribution is 6.04. The SMILES string of the molecule is COC(=O)c1ccc(NC(=O)c2ccc(C(N)=O)nc2)cc1. The molecule has 0 unspecified atom stereocenters. The van der Waals surface area contributed by atoms with E-state index in [0.29, 0.717) is 11.3 Å². The minimum absolute atomic E-state index is 0.0824. The van der Waals surface area contributed by atoms with Gasteiger partial charge in [0.25, 0.3) is 11.8 Å². The van der Waals surface area contributed by atoms with Crippen molar-refractivity contribution in [2.75, 3.05) is 12.4 Å². The second-order valence-electron chi connectivity index (χ2n) is 4.32. The van der Waals surface area contributed by atoms with Crippen LogP contribution in [-0.2, 0) is 4.74 Å². The lowest BCUT2D eigenvalue weighted by Crippen LogP contribution is -2.16. The van der Waals surface area contributed by atoms with Crippen molar-refractivity contribution in [2.45, 2.75) is 0 Å². The Hall–Kier alpha value is -3.22. The molecule has 0 fully saturated rings. The van der Waals surface area contributed by atoms with E-state index in [-0.39, 0.29) is 11.3 Å². The van der Waals surface area contributed by atoms with Crippen LogP contribution >= 0.6 is 0 Å². The average molecular weight is 299 g/mol. The number of nitrogens with zero attached hydrogens (tertiary/aromatic N) is 1. The van der Waals surface area contributed by atoms with E-state index in [1.54, 1.807) is 12.1 Å². The highest BCUT2D eigenvalue weighted by Crippen LogP contribution is 2.12. The zero-order valence-electron chi connectivity index (χ0n) is 11.7. The Morgan fingerprint density at radius 3 is 2.18 bits per heavy atom. The van der Waals surface area contributed by atoms with Crippen molar-refractivity contribution in [3.05, 3.63) is 59.4 Å². The van der Waals surface area contributed by atoms with Gasteiger partial charge in [-0.3, -0.25) is 14.6 Å². The lowest BCUT2D eigenvalue weighted by Gasteiger charge is -2.06. The van der Waals surface area contributed by atoms with E-state index in [1.807, 2.05) is 0 Å². The molecule has 0 atom stereocenters. The van der Waals surface area contributed by atoms with Crippen LogP contribution in [0.4, 0.5) is 5.69 Å². The van der Waals surface area contributed by atoms with Gasteiger partial charge < -0.3 is 15.8 Å². The van der Waals surface area contributed by atoms with Crippen LogP contribution in [0.15, 0.2) is 42.6 Å². The molecule has 0 aliphatic rings. The smallest absolute Gasteiger partial charge is 0.337 e. The van der Waals surface area contributed by atoms with Gasteiger partial charge in [-0.15, -0.1) is 0 Å². The fourth-order valence-corrected chi connectivity index (χ4v) is 1.68. The molecule has 2 rings (SSSR count). The molecule has 3 N–H and O–H groups in total. The molecule has 2 amide bonds. The van der Waals surface area contributed by atoms with Gasteiger partial charge >= 0.3 is 5.97 Å². The van der Waals surface area contributed by atoms with Crippen molar-refractivity contribution < 1.29 is 19.1 Å². The van der Waals surface area contributed by atoms with Gasteiger partial charge in [-0.05, 0) is 36.4 Å². The predicted octanol–water partition coefficient (Wildman–Crippen LogP) is 1.22. The number of primary amides is 1. The van der Waals surface area contributed by atoms with E-state index in [1.165, 1.54) is 37.6 Å². The Morgan fingerprint density at radius 1 is 1.05 bits per heavy atom. The van der Waals surface area contributed by atoms with E-state index in [0.717, 1.165) is 0 Å². The second-order valence-corrected chi connectivity index (χ2v) is 4.32. The quantitative estimate of drug-likeness (QED) is 0.824. The van der Waals surface area contributed by atoms with Crippen molar-refractivity contribution in [3.63, 3.8) is 0 Å². The highest BCUT2D eigenvalue weighted by Gasteiger charge is 2.09. The molecule has 112 valence electrons. The zero-order valence-corrected chi connectivity index (χ0v) is 11.7. The third kappa shape index (κ3) is 3.45. The van der Waals surface area contributed by atoms with Crippen LogP contribution in [0, 0.1) is 0 Å². The third-order valence-corrected chi connectivity index (χ3v) is 2.84. The van der Waals surface area contributed by atoms with Gasteiger partial charge in [0.15, 0.2) is 0 Å². The molecule has 0 aliphatic carbocycles. The average Bonchev–Trinajstić information content (AvgIpc) is 2.54. The van der Waals surface area contributed by atoms with Crippen LogP contribution in [0.5, 0.6) is 0 Å². The van der Waals surface area contributed by atoms with Crippen molar-refractivity contribution in [1.29, 1.82) is 0 Å². The number of nitrogens with one attached hydrogen (secondary N) is 1. The Balaban J connectivity index is 2.08. The number of aromatic nitrogens is 1. The molecule has 1 aromatic heterocycles. The first kappa shape index (κ1) is 15.2. The first-order chi connectivity index (χ1) is 10.5. The molecule has 0 aliphatic heterocycles. The lowest BCUT2D eigenvalue weighted by molar-refractivity contribution is 0.0600. The maximum absolute atomic E-state index is 12.0. The number of nitrogens with two attached hydrogens (primary N) is 1. The molecular weight excluding hydrogens is 286 g/mol. The van der Waals surface area contributed by atoms with Crippen molar-refractivity contribution >= 4 is 23.5 Å². The highest BCUT2D eigenvalue weighted by atomic mass is 16.5. The number of carbonyl (C=O) groups is 3. The fraction of sp³-hybridized carbons (Fsp3) is 0.0667. The molecule has 1 aromatic carbocycles. The van der Waals surface area contributed by atoms with E-state index in [4.69, 9.17) is 5.73 Å². The van der Waals surface area contributed by atoms with E-state index in [2.05, 4.69) is 15.0 Å². The van der Waals surface area contributed by atoms with Crippen molar-refractivity contribution in [2.24, 2.45) is 5.73 Å². The summed E-state index contributed by atoms with van der Waals surface area (Å²) in [6.45, 7) is 0. The van der Waals surface area contributed by atoms with Crippen molar-refractivity contribution in [3.8, 4) is 0 Å². The van der Waals surface area contributed by atoms with E-state index in [9.17, 15) is 14.4 Å². The monoisotopic (exact) mass is 299 g/mol. The van der Waals surface area contributed by atoms with Gasteiger partial charge in [-0.2, -0.15) is 0 Å². The normalized spacial score (nSPS) is 9.86. The van der Waals surface area contributed by atoms with Gasteiger partial charge in [-0.1, -0.05) is 0 Å². The maximum atomic E-state index is 12.0. The summed E-state index contributed by atoms with van der Waals surface area (Å²) in [7, 11) is 1.29. The third-order valence-electron chi connectivity index (χ3n) is 2.84. The van der Waals surface area contributed by atoms with Crippen LogP contribution in [0.1, 0.15) is 31.2 Å². The lowest BCUT2D eigenvalue weighted by atomic mass is 10.2. The van der Waals surface area contributed by atoms with Crippen LogP contribution in [-0.4, -0.2) is 29.9 Å². The minimum atomic E-state index is -0.662. The predicted molar refractivity (Wildman–Crippen MR) is 78.5 cm³/mol. The standard InChI is InChI=1S/C15H13N3O4/c1-22-15(21)9-2-5-11(6-3-9)18-14(20)10-4-7-12(13(16)19)17-8-10/h2-8H,1H3,(H2,16,19)(H,18,20). The first-order valence-electron chi connectivity index (χ1n) is 6.27. The molecule has 0 saturated carbocycles. The number of hydrogen-bond acceptors (Lipinski definition) is 5. The number of rotatable bonds is 4. The zero-order chi connectivity index (χ0) is 16.1. The maximum Gasteiger partial charge on any atom is 0.337 e. The Bertz CT molecular complexity index is 709. The largest absolute Gasteiger partial charge is 0.465 e. The van der Waals surface area contributed by atoms with Crippen LogP contribution in [0.25, 0.3) is 0 Å². The molecular formula is C15H13N3O4. The Labute approximate surface area is 126 Å². The van der Waals surface area contributed by atoms with Gasteiger partial charge in [0, 0.05) is 11.9 Å². The van der Waals surface area contributed by atoms with Gasteiger partial charge in [-0.25, -0.2) is 4.79 Å². The summed E-state index contributed by atoms with van der Waals surface area (Å²) in [5.74, 6) is -1.51. The van der Waals surface area contributed by atoms with Crippen LogP contribution in [0.3, 0.4) is 0 Å². The number of benzene rings is 1. The summed E-state index contributed by atoms with van der Waals surface area (Å²) < 4.78 is 4.58. The number of carbonyl (C=O) groups excluding carboxylic acids is 3. The molecule has 2 aromatic rings. The fourth-order valence-electron chi connectivity index (χ4n) is 1.68. The Kier molecular flexibility index (Phi) is 4.47. The number of hydrogen-bond donors (Lipinski definition) is 2. The topological polar surface area (TPSA) is 111 Å². The van der Waals surface area contributed by atoms with E-state index >= 15 is 0 Å². The second kappa shape index (κ2) is 6.49. The number of ether oxygens (including phenoxy) is 1. The number of pyridine rings is 1. The summed E-state index contributed by atoms with van der Waals surface area (Å²) in [4.78, 5) is 38.0. The van der Waals surface area contributed by atoms with Crippen LogP contribution < -0.4 is 11.1 Å². The summed E-state index contributed by atoms with van der Waals surface area (Å²) >= 11 is 0. The van der Waals surface area contributed by atoms with Gasteiger partial charge in [0.2, 0.25) is 0 Å². The van der Waals surface area contributed by atoms with Gasteiger partial charge in [0.05, 0.1) is 18.2 Å². The van der Waals surface area contributed by atoms with Crippen LogP contribution in [0.2, 0.25) is 0 Å². The molecule has 7 heteroatoms. The first-order valence-corrected chi connectivity index (χ1v) is 6.27. The molecule has 1 heterocycles. The number of methoxy groups -OCH3 is 1. The Morgan fingerprint density at radius 2 is 1.68 bits per heavy atom. The molecule has 0 radical (unpaired) electrons. The molecule has 0 bridgehead atoms. The minimum Gasteiger partial charge on any atom is -0.465 e. The molecule has 0 spiro atoms. The number of amides is 2. The summed E-state index contributed by atoms with van der Waals surface area (Å²) in [5.41, 5.74) is 6.33. The molecule has 0 saturated heterocycles. The molecule has 7 nitrogen and oxygen atoms in total.